The summed E-state index contributed by atoms with van der Waals surface area (Å²) in [5.74, 6) is 1.59. The number of aryl methyl sites for hydroxylation is 1. The van der Waals surface area contributed by atoms with E-state index in [0.29, 0.717) is 11.8 Å². The molecule has 1 aromatic carbocycles. The number of fused-ring (bicyclic) bond motifs is 1. The van der Waals surface area contributed by atoms with Crippen molar-refractivity contribution in [2.24, 2.45) is 39.6 Å². The summed E-state index contributed by atoms with van der Waals surface area (Å²) in [6.45, 7) is 21.3. The number of sulfonamides is 1. The minimum absolute atomic E-state index is 0.0803. The van der Waals surface area contributed by atoms with E-state index >= 15 is 0 Å². The molecule has 2 unspecified atom stereocenters. The van der Waals surface area contributed by atoms with Gasteiger partial charge in [0, 0.05) is 17.7 Å². The average Bonchev–Trinajstić information content (AvgIpc) is 3.21. The van der Waals surface area contributed by atoms with Crippen LogP contribution >= 0.6 is 0 Å². The van der Waals surface area contributed by atoms with E-state index < -0.39 is 24.4 Å². The zero-order valence-electron chi connectivity index (χ0n) is 27.1. The van der Waals surface area contributed by atoms with E-state index in [1.54, 1.807) is 24.3 Å². The van der Waals surface area contributed by atoms with E-state index in [1.165, 1.54) is 12.8 Å². The first-order valence-electron chi connectivity index (χ1n) is 15.9. The van der Waals surface area contributed by atoms with Gasteiger partial charge in [-0.1, -0.05) is 65.7 Å². The summed E-state index contributed by atoms with van der Waals surface area (Å²) in [6.07, 6.45) is 7.69. The van der Waals surface area contributed by atoms with Crippen molar-refractivity contribution in [2.75, 3.05) is 6.61 Å². The van der Waals surface area contributed by atoms with Gasteiger partial charge in [0.05, 0.1) is 11.0 Å². The number of hydrazone groups is 1. The second-order valence-corrected chi connectivity index (χ2v) is 22.1. The van der Waals surface area contributed by atoms with E-state index in [4.69, 9.17) is 4.43 Å². The highest BCUT2D eigenvalue weighted by molar-refractivity contribution is 7.89. The van der Waals surface area contributed by atoms with Crippen LogP contribution in [0.2, 0.25) is 18.1 Å². The molecule has 7 atom stereocenters. The van der Waals surface area contributed by atoms with Crippen LogP contribution in [-0.2, 0) is 14.4 Å². The third-order valence-electron chi connectivity index (χ3n) is 12.0. The minimum Gasteiger partial charge on any atom is -0.417 e. The van der Waals surface area contributed by atoms with Gasteiger partial charge in [0.2, 0.25) is 0 Å². The van der Waals surface area contributed by atoms with Gasteiger partial charge in [-0.25, -0.2) is 4.83 Å². The molecule has 0 aromatic heterocycles. The summed E-state index contributed by atoms with van der Waals surface area (Å²) in [7, 11) is -5.53. The molecule has 0 spiro atoms. The van der Waals surface area contributed by atoms with Crippen molar-refractivity contribution in [1.29, 1.82) is 0 Å². The van der Waals surface area contributed by atoms with E-state index in [2.05, 4.69) is 64.6 Å². The second kappa shape index (κ2) is 11.7. The van der Waals surface area contributed by atoms with Crippen LogP contribution in [-0.4, -0.2) is 40.3 Å². The molecule has 1 aromatic rings. The molecule has 0 aliphatic heterocycles. The molecule has 0 radical (unpaired) electrons. The number of nitrogens with zero attached hydrogens (tertiary/aromatic N) is 1. The molecule has 0 saturated heterocycles. The molecule has 0 bridgehead atoms. The van der Waals surface area contributed by atoms with Crippen molar-refractivity contribution < 1.29 is 18.0 Å². The smallest absolute Gasteiger partial charge is 0.276 e. The van der Waals surface area contributed by atoms with Crippen molar-refractivity contribution in [2.45, 2.75) is 129 Å². The lowest BCUT2D eigenvalue weighted by atomic mass is 9.51. The SMILES string of the molecule is Cc1ccc(S(=O)(=O)N/N=C2\CCC3[C@H](O)C([C@@]4(C)CC[C@H](C)C[C@@H]4CCO[Si](C)(C)C(C)(C)C)CC[C@]23C)cc1. The molecule has 3 aliphatic carbocycles. The van der Waals surface area contributed by atoms with Crippen LogP contribution in [0.3, 0.4) is 0 Å². The maximum absolute atomic E-state index is 12.9. The van der Waals surface area contributed by atoms with Crippen LogP contribution in [0.15, 0.2) is 34.3 Å². The van der Waals surface area contributed by atoms with Crippen molar-refractivity contribution in [1.82, 2.24) is 4.83 Å². The van der Waals surface area contributed by atoms with E-state index in [1.807, 2.05) is 6.92 Å². The van der Waals surface area contributed by atoms with Gasteiger partial charge in [0.1, 0.15) is 0 Å². The van der Waals surface area contributed by atoms with E-state index in [9.17, 15) is 13.5 Å². The first kappa shape index (κ1) is 32.7. The summed E-state index contributed by atoms with van der Waals surface area (Å²) in [5, 5.41) is 16.7. The van der Waals surface area contributed by atoms with Crippen molar-refractivity contribution in [3.8, 4) is 0 Å². The first-order valence-corrected chi connectivity index (χ1v) is 20.3. The number of rotatable bonds is 8. The van der Waals surface area contributed by atoms with Crippen molar-refractivity contribution in [3.63, 3.8) is 0 Å². The lowest BCUT2D eigenvalue weighted by molar-refractivity contribution is -0.110. The molecular weight excluding hydrogens is 549 g/mol. The fraction of sp³-hybridized carbons (Fsp3) is 0.788. The van der Waals surface area contributed by atoms with Crippen LogP contribution < -0.4 is 4.83 Å². The monoisotopic (exact) mass is 604 g/mol. The minimum atomic E-state index is -3.73. The highest BCUT2D eigenvalue weighted by Gasteiger charge is 2.57. The standard InChI is InChI=1S/C33H56N2O4SSi/c1-23-10-12-26(13-11-23)40(37,38)35-34-29-15-14-27-30(36)28(17-20-33(27,29)7)32(6)19-16-24(2)22-25(32)18-21-39-41(8,9)31(3,4)5/h10-13,24-25,27-28,30,35-36H,14-22H2,1-9H3/b34-29+/t24-,25-,27?,28?,30-,32-,33-/m0/s1. The van der Waals surface area contributed by atoms with Gasteiger partial charge in [-0.2, -0.15) is 13.5 Å². The third kappa shape index (κ3) is 6.51. The molecule has 3 aliphatic rings. The highest BCUT2D eigenvalue weighted by Crippen LogP contribution is 2.60. The Morgan fingerprint density at radius 2 is 1.73 bits per heavy atom. The summed E-state index contributed by atoms with van der Waals surface area (Å²) in [4.78, 5) is 2.74. The van der Waals surface area contributed by atoms with Crippen LogP contribution in [0.5, 0.6) is 0 Å². The lowest BCUT2D eigenvalue weighted by Gasteiger charge is -2.55. The summed E-state index contributed by atoms with van der Waals surface area (Å²) in [6, 6.07) is 6.83. The Kier molecular flexibility index (Phi) is 9.33. The quantitative estimate of drug-likeness (QED) is 0.235. The molecule has 2 N–H and O–H groups in total. The average molecular weight is 605 g/mol. The highest BCUT2D eigenvalue weighted by atomic mass is 32.2. The van der Waals surface area contributed by atoms with Gasteiger partial charge in [0.25, 0.3) is 10.0 Å². The molecular formula is C33H56N2O4SSi. The van der Waals surface area contributed by atoms with Crippen LogP contribution in [0.1, 0.15) is 98.5 Å². The van der Waals surface area contributed by atoms with Gasteiger partial charge in [-0.05, 0) is 111 Å². The number of benzene rings is 1. The zero-order valence-corrected chi connectivity index (χ0v) is 28.9. The fourth-order valence-corrected chi connectivity index (χ4v) is 9.82. The summed E-state index contributed by atoms with van der Waals surface area (Å²) < 4.78 is 32.5. The van der Waals surface area contributed by atoms with Gasteiger partial charge in [-0.3, -0.25) is 0 Å². The molecule has 0 amide bonds. The summed E-state index contributed by atoms with van der Waals surface area (Å²) in [5.41, 5.74) is 1.69. The molecule has 8 heteroatoms. The Morgan fingerprint density at radius 1 is 1.07 bits per heavy atom. The van der Waals surface area contributed by atoms with Crippen molar-refractivity contribution >= 4 is 24.1 Å². The topological polar surface area (TPSA) is 88.0 Å². The molecule has 0 heterocycles. The molecule has 41 heavy (non-hydrogen) atoms. The normalized spacial score (nSPS) is 35.9. The maximum Gasteiger partial charge on any atom is 0.276 e. The Bertz CT molecular complexity index is 1210. The van der Waals surface area contributed by atoms with Gasteiger partial charge < -0.3 is 9.53 Å². The Balaban J connectivity index is 1.48. The van der Waals surface area contributed by atoms with Crippen LogP contribution in [0, 0.1) is 41.4 Å². The third-order valence-corrected chi connectivity index (χ3v) is 17.7. The van der Waals surface area contributed by atoms with Crippen molar-refractivity contribution in [3.05, 3.63) is 29.8 Å². The predicted octanol–water partition coefficient (Wildman–Crippen LogP) is 7.67. The number of aliphatic hydroxyl groups excluding tert-OH is 1. The molecule has 3 fully saturated rings. The molecule has 3 saturated carbocycles. The Labute approximate surface area is 251 Å². The van der Waals surface area contributed by atoms with Gasteiger partial charge in [-0.15, -0.1) is 0 Å². The van der Waals surface area contributed by atoms with Gasteiger partial charge in [0.15, 0.2) is 8.32 Å². The lowest BCUT2D eigenvalue weighted by Crippen LogP contribution is -2.53. The maximum atomic E-state index is 12.9. The fourth-order valence-electron chi connectivity index (χ4n) is 7.93. The second-order valence-electron chi connectivity index (χ2n) is 15.6. The van der Waals surface area contributed by atoms with Gasteiger partial charge >= 0.3 is 0 Å². The number of hydrogen-bond acceptors (Lipinski definition) is 5. The van der Waals surface area contributed by atoms with E-state index in [-0.39, 0.29) is 32.6 Å². The largest absolute Gasteiger partial charge is 0.417 e. The zero-order chi connectivity index (χ0) is 30.4. The molecule has 4 rings (SSSR count). The molecule has 232 valence electrons. The Morgan fingerprint density at radius 3 is 2.37 bits per heavy atom. The number of hydrogen-bond donors (Lipinski definition) is 2. The number of aliphatic hydroxyl groups is 1. The Hall–Kier alpha value is -1.22. The van der Waals surface area contributed by atoms with Crippen LogP contribution in [0.25, 0.3) is 0 Å². The summed E-state index contributed by atoms with van der Waals surface area (Å²) >= 11 is 0. The first-order chi connectivity index (χ1) is 18.9. The molecule has 6 nitrogen and oxygen atoms in total. The predicted molar refractivity (Wildman–Crippen MR) is 171 cm³/mol. The van der Waals surface area contributed by atoms with Crippen LogP contribution in [0.4, 0.5) is 0 Å². The van der Waals surface area contributed by atoms with E-state index in [0.717, 1.165) is 56.4 Å². The number of nitrogens with one attached hydrogen (secondary N) is 1.